The number of rotatable bonds is 1. The molecule has 2 aromatic carbocycles. The molecular weight excluding hydrogens is 290 g/mol. The van der Waals surface area contributed by atoms with Crippen LogP contribution in [0.15, 0.2) is 48.8 Å². The zero-order valence-electron chi connectivity index (χ0n) is 12.2. The van der Waals surface area contributed by atoms with Crippen LogP contribution in [0.1, 0.15) is 10.4 Å². The predicted molar refractivity (Wildman–Crippen MR) is 87.5 cm³/mol. The highest BCUT2D eigenvalue weighted by atomic mass is 16.2. The molecule has 6 heteroatoms. The summed E-state index contributed by atoms with van der Waals surface area (Å²) in [5.74, 6) is 0.691. The van der Waals surface area contributed by atoms with Gasteiger partial charge in [-0.2, -0.15) is 0 Å². The molecule has 5 rings (SSSR count). The third kappa shape index (κ3) is 1.72. The number of benzene rings is 2. The van der Waals surface area contributed by atoms with E-state index >= 15 is 0 Å². The summed E-state index contributed by atoms with van der Waals surface area (Å²) in [5, 5.41) is 0. The van der Waals surface area contributed by atoms with Crippen molar-refractivity contribution in [2.24, 2.45) is 0 Å². The highest BCUT2D eigenvalue weighted by Crippen LogP contribution is 2.28. The molecule has 2 aromatic heterocycles. The quantitative estimate of drug-likeness (QED) is 0.587. The molecule has 1 aliphatic rings. The van der Waals surface area contributed by atoms with E-state index in [1.165, 1.54) is 0 Å². The van der Waals surface area contributed by atoms with Gasteiger partial charge in [-0.1, -0.05) is 12.1 Å². The van der Waals surface area contributed by atoms with Gasteiger partial charge in [0.05, 0.1) is 28.4 Å². The number of aromatic nitrogens is 4. The number of fused-ring (bicyclic) bond motifs is 4. The van der Waals surface area contributed by atoms with Crippen LogP contribution in [0.5, 0.6) is 0 Å². The van der Waals surface area contributed by atoms with Gasteiger partial charge in [-0.3, -0.25) is 9.69 Å². The molecule has 4 aromatic rings. The van der Waals surface area contributed by atoms with E-state index in [-0.39, 0.29) is 5.91 Å². The van der Waals surface area contributed by atoms with Gasteiger partial charge in [-0.25, -0.2) is 9.97 Å². The molecule has 0 spiro atoms. The van der Waals surface area contributed by atoms with Crippen molar-refractivity contribution >= 4 is 33.9 Å². The van der Waals surface area contributed by atoms with Crippen molar-refractivity contribution in [3.05, 3.63) is 54.4 Å². The monoisotopic (exact) mass is 303 g/mol. The van der Waals surface area contributed by atoms with Crippen LogP contribution in [0.25, 0.3) is 22.1 Å². The number of para-hydroxylation sites is 2. The topological polar surface area (TPSA) is 66.8 Å². The third-order valence-electron chi connectivity index (χ3n) is 4.34. The van der Waals surface area contributed by atoms with E-state index in [1.807, 2.05) is 42.5 Å². The van der Waals surface area contributed by atoms with Gasteiger partial charge in [-0.05, 0) is 30.3 Å². The van der Waals surface area contributed by atoms with Gasteiger partial charge in [-0.15, -0.1) is 0 Å². The molecule has 0 saturated heterocycles. The lowest BCUT2D eigenvalue weighted by atomic mass is 10.2. The number of aromatic amines is 1. The number of carbonyl (C=O) groups is 1. The van der Waals surface area contributed by atoms with Gasteiger partial charge >= 0.3 is 0 Å². The minimum absolute atomic E-state index is 0.0319. The van der Waals surface area contributed by atoms with Crippen LogP contribution in [0.3, 0.4) is 0 Å². The molecule has 0 radical (unpaired) electrons. The smallest absolute Gasteiger partial charge is 0.260 e. The maximum atomic E-state index is 12.9. The van der Waals surface area contributed by atoms with Crippen molar-refractivity contribution in [2.75, 3.05) is 11.4 Å². The van der Waals surface area contributed by atoms with Crippen LogP contribution in [0.4, 0.5) is 5.95 Å². The Labute approximate surface area is 131 Å². The number of nitrogens with one attached hydrogen (secondary N) is 1. The Balaban J connectivity index is 1.59. The Morgan fingerprint density at radius 3 is 2.96 bits per heavy atom. The molecular formula is C17H13N5O. The summed E-state index contributed by atoms with van der Waals surface area (Å²) in [5.41, 5.74) is 4.35. The first kappa shape index (κ1) is 12.4. The molecule has 0 saturated carbocycles. The van der Waals surface area contributed by atoms with Gasteiger partial charge in [0.25, 0.3) is 5.91 Å². The van der Waals surface area contributed by atoms with Crippen molar-refractivity contribution in [3.63, 3.8) is 0 Å². The summed E-state index contributed by atoms with van der Waals surface area (Å²) >= 11 is 0. The van der Waals surface area contributed by atoms with Crippen molar-refractivity contribution < 1.29 is 4.79 Å². The van der Waals surface area contributed by atoms with Crippen LogP contribution in [0, 0.1) is 0 Å². The first-order valence-electron chi connectivity index (χ1n) is 7.51. The maximum absolute atomic E-state index is 12.9. The van der Waals surface area contributed by atoms with Gasteiger partial charge in [0.2, 0.25) is 5.95 Å². The van der Waals surface area contributed by atoms with Crippen LogP contribution in [0.2, 0.25) is 0 Å². The van der Waals surface area contributed by atoms with Crippen molar-refractivity contribution in [2.45, 2.75) is 6.54 Å². The van der Waals surface area contributed by atoms with Crippen LogP contribution < -0.4 is 4.90 Å². The van der Waals surface area contributed by atoms with Crippen LogP contribution in [-0.4, -0.2) is 32.0 Å². The minimum atomic E-state index is -0.0319. The lowest BCUT2D eigenvalue weighted by molar-refractivity contribution is 0.0989. The predicted octanol–water partition coefficient (Wildman–Crippen LogP) is 2.57. The van der Waals surface area contributed by atoms with Crippen molar-refractivity contribution in [1.82, 2.24) is 19.5 Å². The number of anilines is 1. The number of nitrogens with zero attached hydrogens (tertiary/aromatic N) is 4. The summed E-state index contributed by atoms with van der Waals surface area (Å²) < 4.78 is 2.10. The second-order valence-corrected chi connectivity index (χ2v) is 5.64. The number of imidazole rings is 2. The Bertz CT molecular complexity index is 1060. The highest BCUT2D eigenvalue weighted by molar-refractivity contribution is 6.07. The summed E-state index contributed by atoms with van der Waals surface area (Å²) in [6.07, 6.45) is 1.63. The lowest BCUT2D eigenvalue weighted by Crippen LogP contribution is -2.29. The first-order valence-corrected chi connectivity index (χ1v) is 7.51. The van der Waals surface area contributed by atoms with Gasteiger partial charge in [0.15, 0.2) is 0 Å². The number of amides is 1. The fourth-order valence-electron chi connectivity index (χ4n) is 3.21. The Hall–Kier alpha value is -3.15. The van der Waals surface area contributed by atoms with Crippen LogP contribution in [-0.2, 0) is 6.54 Å². The standard InChI is InChI=1S/C17H13N5O/c23-16(11-5-6-12-14(9-11)19-10-18-12)22-8-7-21-15-4-2-1-3-13(15)20-17(21)22/h1-6,9-10H,7-8H2,(H,18,19). The number of H-pyrrole nitrogens is 1. The molecule has 1 amide bonds. The molecule has 0 atom stereocenters. The average molecular weight is 303 g/mol. The Kier molecular flexibility index (Phi) is 2.38. The highest BCUT2D eigenvalue weighted by Gasteiger charge is 2.29. The Morgan fingerprint density at radius 2 is 2.00 bits per heavy atom. The zero-order valence-corrected chi connectivity index (χ0v) is 12.2. The lowest BCUT2D eigenvalue weighted by Gasteiger charge is -2.13. The van der Waals surface area contributed by atoms with E-state index < -0.39 is 0 Å². The second-order valence-electron chi connectivity index (χ2n) is 5.64. The summed E-state index contributed by atoms with van der Waals surface area (Å²) in [6, 6.07) is 13.5. The molecule has 0 aliphatic carbocycles. The van der Waals surface area contributed by atoms with E-state index in [2.05, 4.69) is 19.5 Å². The van der Waals surface area contributed by atoms with Crippen molar-refractivity contribution in [3.8, 4) is 0 Å². The molecule has 6 nitrogen and oxygen atoms in total. The average Bonchev–Trinajstić information content (AvgIpc) is 3.27. The largest absolute Gasteiger partial charge is 0.345 e. The second kappa shape index (κ2) is 4.42. The number of carbonyl (C=O) groups excluding carboxylic acids is 1. The SMILES string of the molecule is O=C(c1ccc2nc[nH]c2c1)N1CCn2c1nc1ccccc12. The molecule has 1 aliphatic heterocycles. The maximum Gasteiger partial charge on any atom is 0.260 e. The number of hydrogen-bond acceptors (Lipinski definition) is 3. The summed E-state index contributed by atoms with van der Waals surface area (Å²) in [6.45, 7) is 1.42. The first-order chi connectivity index (χ1) is 11.3. The minimum Gasteiger partial charge on any atom is -0.345 e. The Morgan fingerprint density at radius 1 is 1.09 bits per heavy atom. The number of hydrogen-bond donors (Lipinski definition) is 1. The van der Waals surface area contributed by atoms with Gasteiger partial charge < -0.3 is 9.55 Å². The summed E-state index contributed by atoms with van der Waals surface area (Å²) in [4.78, 5) is 26.5. The molecule has 0 fully saturated rings. The third-order valence-corrected chi connectivity index (χ3v) is 4.34. The fourth-order valence-corrected chi connectivity index (χ4v) is 3.21. The normalized spacial score (nSPS) is 13.8. The molecule has 23 heavy (non-hydrogen) atoms. The molecule has 0 bridgehead atoms. The van der Waals surface area contributed by atoms with Gasteiger partial charge in [0.1, 0.15) is 0 Å². The zero-order chi connectivity index (χ0) is 15.4. The molecule has 1 N–H and O–H groups in total. The van der Waals surface area contributed by atoms with E-state index in [0.717, 1.165) is 34.6 Å². The molecule has 3 heterocycles. The van der Waals surface area contributed by atoms with E-state index in [4.69, 9.17) is 0 Å². The van der Waals surface area contributed by atoms with Gasteiger partial charge in [0, 0.05) is 18.7 Å². The van der Waals surface area contributed by atoms with E-state index in [1.54, 1.807) is 11.2 Å². The molecule has 0 unspecified atom stereocenters. The van der Waals surface area contributed by atoms with Crippen LogP contribution >= 0.6 is 0 Å². The molecule has 112 valence electrons. The van der Waals surface area contributed by atoms with E-state index in [9.17, 15) is 4.79 Å². The summed E-state index contributed by atoms with van der Waals surface area (Å²) in [7, 11) is 0. The van der Waals surface area contributed by atoms with Crippen molar-refractivity contribution in [1.29, 1.82) is 0 Å². The fraction of sp³-hybridized carbons (Fsp3) is 0.118. The van der Waals surface area contributed by atoms with E-state index in [0.29, 0.717) is 12.1 Å².